The minimum Gasteiger partial charge on any atom is -0.323 e. The molecular weight excluding hydrogens is 383 g/mol. The van der Waals surface area contributed by atoms with Crippen molar-refractivity contribution in [2.75, 3.05) is 15.9 Å². The zero-order valence-corrected chi connectivity index (χ0v) is 16.1. The number of anilines is 2. The summed E-state index contributed by atoms with van der Waals surface area (Å²) in [5.74, 6) is -0.485. The molecule has 5 nitrogen and oxygen atoms in total. The summed E-state index contributed by atoms with van der Waals surface area (Å²) < 4.78 is 25.7. The Morgan fingerprint density at radius 3 is 2.32 bits per heavy atom. The molecule has 0 aliphatic carbocycles. The monoisotopic (exact) mass is 400 g/mol. The van der Waals surface area contributed by atoms with E-state index in [0.717, 1.165) is 10.6 Å². The van der Waals surface area contributed by atoms with E-state index in [2.05, 4.69) is 5.32 Å². The number of rotatable bonds is 6. The second kappa shape index (κ2) is 8.08. The number of nitrogens with zero attached hydrogens (tertiary/aromatic N) is 1. The first-order valence-corrected chi connectivity index (χ1v) is 10.2. The Kier molecular flexibility index (Phi) is 6.32. The lowest BCUT2D eigenvalue weighted by molar-refractivity contribution is -0.117. The van der Waals surface area contributed by atoms with Crippen LogP contribution in [0.3, 0.4) is 0 Å². The summed E-state index contributed by atoms with van der Waals surface area (Å²) in [5.41, 5.74) is 0.753. The van der Waals surface area contributed by atoms with Crippen molar-refractivity contribution in [2.24, 2.45) is 0 Å². The van der Waals surface area contributed by atoms with Crippen molar-refractivity contribution in [1.29, 1.82) is 0 Å². The van der Waals surface area contributed by atoms with Crippen LogP contribution in [0.2, 0.25) is 10.0 Å². The highest BCUT2D eigenvalue weighted by atomic mass is 35.5. The second-order valence-corrected chi connectivity index (χ2v) is 8.05. The molecule has 2 aromatic carbocycles. The van der Waals surface area contributed by atoms with Crippen LogP contribution < -0.4 is 9.62 Å². The fourth-order valence-corrected chi connectivity index (χ4v) is 4.01. The zero-order chi connectivity index (χ0) is 18.6. The maximum atomic E-state index is 12.7. The van der Waals surface area contributed by atoms with Crippen LogP contribution in [-0.2, 0) is 14.8 Å². The van der Waals surface area contributed by atoms with E-state index in [1.165, 1.54) is 0 Å². The number of halogens is 2. The normalized spacial score (nSPS) is 12.5. The summed E-state index contributed by atoms with van der Waals surface area (Å²) in [6, 6.07) is 12.4. The molecule has 2 aromatic rings. The Balaban J connectivity index is 2.38. The quantitative estimate of drug-likeness (QED) is 0.790. The topological polar surface area (TPSA) is 66.5 Å². The molecule has 0 saturated heterocycles. The maximum absolute atomic E-state index is 12.7. The van der Waals surface area contributed by atoms with Gasteiger partial charge in [0.25, 0.3) is 0 Å². The highest BCUT2D eigenvalue weighted by Gasteiger charge is 2.31. The van der Waals surface area contributed by atoms with E-state index >= 15 is 0 Å². The van der Waals surface area contributed by atoms with Crippen molar-refractivity contribution in [1.82, 2.24) is 0 Å². The summed E-state index contributed by atoms with van der Waals surface area (Å²) in [4.78, 5) is 12.7. The number of nitrogens with one attached hydrogen (secondary N) is 1. The largest absolute Gasteiger partial charge is 0.323 e. The van der Waals surface area contributed by atoms with E-state index in [9.17, 15) is 13.2 Å². The number of amides is 1. The van der Waals surface area contributed by atoms with Crippen LogP contribution in [0.25, 0.3) is 0 Å². The van der Waals surface area contributed by atoms with Crippen LogP contribution in [0.15, 0.2) is 48.5 Å². The summed E-state index contributed by atoms with van der Waals surface area (Å²) in [7, 11) is -3.67. The molecule has 0 aromatic heterocycles. The molecule has 0 aliphatic heterocycles. The van der Waals surface area contributed by atoms with Gasteiger partial charge in [-0.15, -0.1) is 0 Å². The van der Waals surface area contributed by atoms with Gasteiger partial charge in [-0.25, -0.2) is 8.42 Å². The van der Waals surface area contributed by atoms with Gasteiger partial charge in [0.15, 0.2) is 0 Å². The van der Waals surface area contributed by atoms with Gasteiger partial charge in [0.1, 0.15) is 6.04 Å². The Morgan fingerprint density at radius 1 is 1.12 bits per heavy atom. The SMILES string of the molecule is CC[C@@H](C(=O)Nc1cccc(Cl)c1Cl)N(c1ccccc1)S(C)(=O)=O. The fraction of sp³-hybridized carbons (Fsp3) is 0.235. The number of carbonyl (C=O) groups excluding carboxylic acids is 1. The van der Waals surface area contributed by atoms with E-state index in [0.29, 0.717) is 16.4 Å². The third kappa shape index (κ3) is 4.66. The first-order chi connectivity index (χ1) is 11.8. The van der Waals surface area contributed by atoms with Gasteiger partial charge in [-0.2, -0.15) is 0 Å². The molecule has 0 radical (unpaired) electrons. The molecule has 2 rings (SSSR count). The Bertz CT molecular complexity index is 857. The zero-order valence-electron chi connectivity index (χ0n) is 13.7. The highest BCUT2D eigenvalue weighted by molar-refractivity contribution is 7.92. The summed E-state index contributed by atoms with van der Waals surface area (Å²) in [6.07, 6.45) is 1.36. The molecular formula is C17H18Cl2N2O3S. The predicted octanol–water partition coefficient (Wildman–Crippen LogP) is 4.18. The molecule has 8 heteroatoms. The standard InChI is InChI=1S/C17H18Cl2N2O3S/c1-3-15(17(22)20-14-11-7-10-13(18)16(14)19)21(25(2,23)24)12-8-5-4-6-9-12/h4-11,15H,3H2,1-2H3,(H,20,22)/t15-/m0/s1. The van der Waals surface area contributed by atoms with Gasteiger partial charge < -0.3 is 5.32 Å². The molecule has 0 aliphatic rings. The number of carbonyl (C=O) groups is 1. The van der Waals surface area contributed by atoms with Crippen molar-refractivity contribution in [3.05, 3.63) is 58.6 Å². The molecule has 0 fully saturated rings. The van der Waals surface area contributed by atoms with Crippen LogP contribution >= 0.6 is 23.2 Å². The van der Waals surface area contributed by atoms with Crippen molar-refractivity contribution in [2.45, 2.75) is 19.4 Å². The molecule has 0 bridgehead atoms. The van der Waals surface area contributed by atoms with Crippen LogP contribution in [-0.4, -0.2) is 26.6 Å². The number of hydrogen-bond donors (Lipinski definition) is 1. The average Bonchev–Trinajstić information content (AvgIpc) is 2.56. The van der Waals surface area contributed by atoms with E-state index in [-0.39, 0.29) is 11.4 Å². The summed E-state index contributed by atoms with van der Waals surface area (Å²) in [6.45, 7) is 1.74. The van der Waals surface area contributed by atoms with E-state index < -0.39 is 22.0 Å². The first kappa shape index (κ1) is 19.6. The molecule has 134 valence electrons. The fourth-order valence-electron chi connectivity index (χ4n) is 2.45. The van der Waals surface area contributed by atoms with Gasteiger partial charge in [-0.1, -0.05) is 54.4 Å². The average molecular weight is 401 g/mol. The number of benzene rings is 2. The van der Waals surface area contributed by atoms with Gasteiger partial charge in [0, 0.05) is 0 Å². The van der Waals surface area contributed by atoms with E-state index in [1.54, 1.807) is 55.5 Å². The molecule has 1 N–H and O–H groups in total. The van der Waals surface area contributed by atoms with Gasteiger partial charge in [0.05, 0.1) is 27.7 Å². The minimum atomic E-state index is -3.67. The maximum Gasteiger partial charge on any atom is 0.248 e. The Hall–Kier alpha value is -1.76. The van der Waals surface area contributed by atoms with Crippen molar-refractivity contribution >= 4 is 50.5 Å². The van der Waals surface area contributed by atoms with Crippen molar-refractivity contribution < 1.29 is 13.2 Å². The van der Waals surface area contributed by atoms with Crippen LogP contribution in [0, 0.1) is 0 Å². The van der Waals surface area contributed by atoms with Crippen LogP contribution in [0.1, 0.15) is 13.3 Å². The van der Waals surface area contributed by atoms with Crippen molar-refractivity contribution in [3.63, 3.8) is 0 Å². The number of hydrogen-bond acceptors (Lipinski definition) is 3. The highest BCUT2D eigenvalue weighted by Crippen LogP contribution is 2.30. The molecule has 25 heavy (non-hydrogen) atoms. The molecule has 0 unspecified atom stereocenters. The summed E-state index contributed by atoms with van der Waals surface area (Å²) >= 11 is 12.0. The third-order valence-corrected chi connectivity index (χ3v) is 5.55. The lowest BCUT2D eigenvalue weighted by Gasteiger charge is -2.30. The Labute approximate surface area is 157 Å². The molecule has 1 amide bonds. The lowest BCUT2D eigenvalue weighted by Crippen LogP contribution is -2.47. The molecule has 0 heterocycles. The Morgan fingerprint density at radius 2 is 1.76 bits per heavy atom. The van der Waals surface area contributed by atoms with Gasteiger partial charge in [-0.3, -0.25) is 9.10 Å². The van der Waals surface area contributed by atoms with Crippen molar-refractivity contribution in [3.8, 4) is 0 Å². The van der Waals surface area contributed by atoms with E-state index in [1.807, 2.05) is 0 Å². The molecule has 0 saturated carbocycles. The van der Waals surface area contributed by atoms with E-state index in [4.69, 9.17) is 23.2 Å². The number of para-hydroxylation sites is 1. The van der Waals surface area contributed by atoms with Gasteiger partial charge >= 0.3 is 0 Å². The van der Waals surface area contributed by atoms with Gasteiger partial charge in [-0.05, 0) is 30.7 Å². The van der Waals surface area contributed by atoms with Crippen LogP contribution in [0.5, 0.6) is 0 Å². The molecule has 1 atom stereocenters. The second-order valence-electron chi connectivity index (χ2n) is 5.41. The van der Waals surface area contributed by atoms with Crippen LogP contribution in [0.4, 0.5) is 11.4 Å². The van der Waals surface area contributed by atoms with Gasteiger partial charge in [0.2, 0.25) is 15.9 Å². The predicted molar refractivity (Wildman–Crippen MR) is 103 cm³/mol. The molecule has 0 spiro atoms. The first-order valence-electron chi connectivity index (χ1n) is 7.55. The smallest absolute Gasteiger partial charge is 0.248 e. The lowest BCUT2D eigenvalue weighted by atomic mass is 10.2. The minimum absolute atomic E-state index is 0.206. The third-order valence-electron chi connectivity index (χ3n) is 3.55. The summed E-state index contributed by atoms with van der Waals surface area (Å²) in [5, 5.41) is 3.17. The number of sulfonamides is 1.